The van der Waals surface area contributed by atoms with Crippen LogP contribution in [0.15, 0.2) is 37.0 Å². The van der Waals surface area contributed by atoms with E-state index < -0.39 is 0 Å². The van der Waals surface area contributed by atoms with Crippen molar-refractivity contribution in [2.45, 2.75) is 50.1 Å². The minimum atomic E-state index is 0.0662. The summed E-state index contributed by atoms with van der Waals surface area (Å²) in [5.74, 6) is 0. The van der Waals surface area contributed by atoms with E-state index >= 15 is 0 Å². The van der Waals surface area contributed by atoms with Crippen LogP contribution < -0.4 is 0 Å². The molecular weight excluding hydrogens is 194 g/mol. The second-order valence-electron chi connectivity index (χ2n) is 5.09. The lowest BCUT2D eigenvalue weighted by Gasteiger charge is -2.44. The molecule has 0 aromatic heterocycles. The molecule has 2 aliphatic rings. The van der Waals surface area contributed by atoms with E-state index in [0.29, 0.717) is 0 Å². The average molecular weight is 217 g/mol. The van der Waals surface area contributed by atoms with Gasteiger partial charge < -0.3 is 0 Å². The zero-order chi connectivity index (χ0) is 11.4. The molecular formula is C15H23N. The molecule has 0 radical (unpaired) electrons. The van der Waals surface area contributed by atoms with Crippen molar-refractivity contribution in [3.8, 4) is 0 Å². The highest BCUT2D eigenvalue weighted by molar-refractivity contribution is 5.27. The van der Waals surface area contributed by atoms with E-state index in [1.54, 1.807) is 0 Å². The smallest absolute Gasteiger partial charge is 0.0610 e. The van der Waals surface area contributed by atoms with Crippen molar-refractivity contribution >= 4 is 0 Å². The van der Waals surface area contributed by atoms with Gasteiger partial charge in [0.05, 0.1) is 5.54 Å². The van der Waals surface area contributed by atoms with E-state index in [9.17, 15) is 0 Å². The van der Waals surface area contributed by atoms with E-state index in [4.69, 9.17) is 0 Å². The van der Waals surface area contributed by atoms with Gasteiger partial charge in [-0.2, -0.15) is 0 Å². The van der Waals surface area contributed by atoms with Crippen LogP contribution in [0.25, 0.3) is 0 Å². The van der Waals surface area contributed by atoms with Gasteiger partial charge in [0.1, 0.15) is 0 Å². The minimum absolute atomic E-state index is 0.0662. The molecule has 1 fully saturated rings. The molecule has 16 heavy (non-hydrogen) atoms. The van der Waals surface area contributed by atoms with Crippen molar-refractivity contribution in [3.63, 3.8) is 0 Å². The molecule has 0 aromatic rings. The zero-order valence-electron chi connectivity index (χ0n) is 10.4. The Balaban J connectivity index is 2.11. The topological polar surface area (TPSA) is 3.24 Å². The van der Waals surface area contributed by atoms with Crippen molar-refractivity contribution in [1.29, 1.82) is 0 Å². The van der Waals surface area contributed by atoms with Gasteiger partial charge in [0.25, 0.3) is 0 Å². The lowest BCUT2D eigenvalue weighted by molar-refractivity contribution is 0.118. The van der Waals surface area contributed by atoms with Crippen LogP contribution in [0.1, 0.15) is 38.5 Å². The first-order valence-electron chi connectivity index (χ1n) is 6.49. The van der Waals surface area contributed by atoms with Gasteiger partial charge in [0, 0.05) is 6.04 Å². The van der Waals surface area contributed by atoms with Crippen LogP contribution in [0.2, 0.25) is 0 Å². The van der Waals surface area contributed by atoms with Crippen LogP contribution in [-0.4, -0.2) is 23.5 Å². The molecule has 2 aliphatic carbocycles. The Labute approximate surface area is 99.5 Å². The predicted octanol–water partition coefficient (Wildman–Crippen LogP) is 3.69. The van der Waals surface area contributed by atoms with E-state index in [0.717, 1.165) is 12.5 Å². The highest BCUT2D eigenvalue weighted by Crippen LogP contribution is 2.32. The Morgan fingerprint density at radius 3 is 2.56 bits per heavy atom. The van der Waals surface area contributed by atoms with Crippen molar-refractivity contribution in [3.05, 3.63) is 37.0 Å². The third-order valence-electron chi connectivity index (χ3n) is 4.21. The van der Waals surface area contributed by atoms with E-state index in [2.05, 4.69) is 48.9 Å². The second kappa shape index (κ2) is 5.01. The van der Waals surface area contributed by atoms with E-state index in [1.165, 1.54) is 32.1 Å². The maximum atomic E-state index is 4.05. The lowest BCUT2D eigenvalue weighted by atomic mass is 9.85. The number of likely N-dealkylation sites (N-methyl/N-ethyl adjacent to an activating group) is 1. The summed E-state index contributed by atoms with van der Waals surface area (Å²) in [4.78, 5) is 2.54. The first-order valence-corrected chi connectivity index (χ1v) is 6.49. The fourth-order valence-corrected chi connectivity index (χ4v) is 2.99. The highest BCUT2D eigenvalue weighted by Gasteiger charge is 2.33. The molecule has 0 spiro atoms. The van der Waals surface area contributed by atoms with Gasteiger partial charge in [-0.15, -0.1) is 6.58 Å². The van der Waals surface area contributed by atoms with Crippen molar-refractivity contribution < 1.29 is 0 Å². The summed E-state index contributed by atoms with van der Waals surface area (Å²) in [6, 6.07) is 0.739. The van der Waals surface area contributed by atoms with E-state index in [1.807, 2.05) is 0 Å². The second-order valence-corrected chi connectivity index (χ2v) is 5.09. The molecule has 0 aromatic carbocycles. The molecule has 1 atom stereocenters. The van der Waals surface area contributed by atoms with Crippen molar-refractivity contribution in [2.24, 2.45) is 0 Å². The molecule has 1 saturated carbocycles. The Kier molecular flexibility index (Phi) is 3.65. The molecule has 1 heteroatoms. The standard InChI is InChI=1S/C15H23N/c1-3-15(12-8-5-9-13-15)16(2)14-10-6-4-7-11-14/h3,5,8-9,12,14H,1,4,6-7,10-11,13H2,2H3/t15-/m1/s1. The van der Waals surface area contributed by atoms with Gasteiger partial charge >= 0.3 is 0 Å². The summed E-state index contributed by atoms with van der Waals surface area (Å²) in [7, 11) is 2.27. The molecule has 0 saturated heterocycles. The molecule has 0 heterocycles. The Hall–Kier alpha value is -0.820. The molecule has 0 bridgehead atoms. The van der Waals surface area contributed by atoms with Gasteiger partial charge in [0.2, 0.25) is 0 Å². The van der Waals surface area contributed by atoms with Gasteiger partial charge in [-0.1, -0.05) is 49.6 Å². The average Bonchev–Trinajstić information content (AvgIpc) is 2.39. The van der Waals surface area contributed by atoms with Crippen LogP contribution in [0.5, 0.6) is 0 Å². The summed E-state index contributed by atoms with van der Waals surface area (Å²) in [6.07, 6.45) is 18.9. The van der Waals surface area contributed by atoms with Crippen LogP contribution in [0.3, 0.4) is 0 Å². The first kappa shape index (κ1) is 11.7. The molecule has 0 aliphatic heterocycles. The third kappa shape index (κ3) is 2.15. The molecule has 0 unspecified atom stereocenters. The molecule has 1 nitrogen and oxygen atoms in total. The Bertz CT molecular complexity index is 297. The fourth-order valence-electron chi connectivity index (χ4n) is 2.99. The summed E-state index contributed by atoms with van der Waals surface area (Å²) < 4.78 is 0. The first-order chi connectivity index (χ1) is 7.78. The molecule has 2 rings (SSSR count). The van der Waals surface area contributed by atoms with Crippen LogP contribution >= 0.6 is 0 Å². The summed E-state index contributed by atoms with van der Waals surface area (Å²) in [5.41, 5.74) is 0.0662. The van der Waals surface area contributed by atoms with Crippen molar-refractivity contribution in [2.75, 3.05) is 7.05 Å². The summed E-state index contributed by atoms with van der Waals surface area (Å²) in [5, 5.41) is 0. The number of hydrogen-bond donors (Lipinski definition) is 0. The van der Waals surface area contributed by atoms with Crippen LogP contribution in [0, 0.1) is 0 Å². The molecule has 0 N–H and O–H groups in total. The van der Waals surface area contributed by atoms with Crippen LogP contribution in [-0.2, 0) is 0 Å². The predicted molar refractivity (Wildman–Crippen MR) is 70.5 cm³/mol. The number of hydrogen-bond acceptors (Lipinski definition) is 1. The fraction of sp³-hybridized carbons (Fsp3) is 0.600. The normalized spacial score (nSPS) is 30.9. The van der Waals surface area contributed by atoms with Gasteiger partial charge in [0.15, 0.2) is 0 Å². The maximum absolute atomic E-state index is 4.05. The van der Waals surface area contributed by atoms with Crippen molar-refractivity contribution in [1.82, 2.24) is 4.90 Å². The third-order valence-corrected chi connectivity index (χ3v) is 4.21. The van der Waals surface area contributed by atoms with E-state index in [-0.39, 0.29) is 5.54 Å². The maximum Gasteiger partial charge on any atom is 0.0610 e. The molecule has 88 valence electrons. The summed E-state index contributed by atoms with van der Waals surface area (Å²) >= 11 is 0. The Morgan fingerprint density at radius 1 is 1.25 bits per heavy atom. The monoisotopic (exact) mass is 217 g/mol. The Morgan fingerprint density at radius 2 is 2.00 bits per heavy atom. The number of rotatable bonds is 3. The van der Waals surface area contributed by atoms with Gasteiger partial charge in [-0.25, -0.2) is 0 Å². The van der Waals surface area contributed by atoms with Gasteiger partial charge in [-0.3, -0.25) is 4.90 Å². The summed E-state index contributed by atoms with van der Waals surface area (Å²) in [6.45, 7) is 4.05. The van der Waals surface area contributed by atoms with Gasteiger partial charge in [-0.05, 0) is 26.3 Å². The molecule has 0 amide bonds. The highest BCUT2D eigenvalue weighted by atomic mass is 15.2. The number of nitrogens with zero attached hydrogens (tertiary/aromatic N) is 1. The minimum Gasteiger partial charge on any atom is -0.291 e. The quantitative estimate of drug-likeness (QED) is 0.652. The number of allylic oxidation sites excluding steroid dienone is 2. The zero-order valence-corrected chi connectivity index (χ0v) is 10.4. The SMILES string of the molecule is C=C[C@@]1(N(C)C2CCCCC2)C=CC=CC1. The largest absolute Gasteiger partial charge is 0.291 e. The van der Waals surface area contributed by atoms with Crippen LogP contribution in [0.4, 0.5) is 0 Å². The lowest BCUT2D eigenvalue weighted by Crippen LogP contribution is -2.49.